The minimum atomic E-state index is -0.432. The normalized spacial score (nSPS) is 14.2. The molecule has 1 heterocycles. The third kappa shape index (κ3) is 4.12. The Morgan fingerprint density at radius 1 is 1.00 bits per heavy atom. The summed E-state index contributed by atoms with van der Waals surface area (Å²) < 4.78 is 19.6. The molecule has 2 aromatic carbocycles. The highest BCUT2D eigenvalue weighted by Gasteiger charge is 2.39. The summed E-state index contributed by atoms with van der Waals surface area (Å²) in [7, 11) is 0. The zero-order chi connectivity index (χ0) is 20.1. The molecule has 3 rings (SSSR count). The molecule has 0 aromatic heterocycles. The number of imide groups is 1. The number of halogens is 1. The second kappa shape index (κ2) is 9.06. The highest BCUT2D eigenvalue weighted by atomic mass is 32.2. The summed E-state index contributed by atoms with van der Waals surface area (Å²) in [5, 5.41) is 0. The summed E-state index contributed by atoms with van der Waals surface area (Å²) in [6, 6.07) is 13.3. The van der Waals surface area contributed by atoms with Crippen molar-refractivity contribution in [2.24, 2.45) is 0 Å². The summed E-state index contributed by atoms with van der Waals surface area (Å²) in [4.78, 5) is 27.5. The number of ether oxygens (including phenoxy) is 1. The topological polar surface area (TPSA) is 46.6 Å². The van der Waals surface area contributed by atoms with Gasteiger partial charge in [0.25, 0.3) is 11.8 Å². The van der Waals surface area contributed by atoms with Gasteiger partial charge in [-0.25, -0.2) is 4.39 Å². The molecule has 0 saturated heterocycles. The Morgan fingerprint density at radius 3 is 2.36 bits per heavy atom. The number of amides is 2. The van der Waals surface area contributed by atoms with Crippen molar-refractivity contribution in [2.45, 2.75) is 26.8 Å². The van der Waals surface area contributed by atoms with Crippen LogP contribution in [0.15, 0.2) is 53.4 Å². The van der Waals surface area contributed by atoms with Crippen molar-refractivity contribution in [1.29, 1.82) is 0 Å². The molecule has 1 aliphatic rings. The first-order valence-electron chi connectivity index (χ1n) is 9.26. The Bertz CT molecular complexity index is 908. The number of nitrogens with zero attached hydrogens (tertiary/aromatic N) is 1. The van der Waals surface area contributed by atoms with Crippen LogP contribution in [0, 0.1) is 5.82 Å². The van der Waals surface area contributed by atoms with Gasteiger partial charge in [-0.2, -0.15) is 0 Å². The van der Waals surface area contributed by atoms with E-state index in [4.69, 9.17) is 4.74 Å². The Kier molecular flexibility index (Phi) is 6.52. The minimum absolute atomic E-state index is 0.0840. The van der Waals surface area contributed by atoms with E-state index in [2.05, 4.69) is 0 Å². The maximum absolute atomic E-state index is 14.0. The van der Waals surface area contributed by atoms with Crippen LogP contribution in [0.1, 0.15) is 31.4 Å². The van der Waals surface area contributed by atoms with Gasteiger partial charge < -0.3 is 4.74 Å². The van der Waals surface area contributed by atoms with E-state index in [9.17, 15) is 14.0 Å². The Morgan fingerprint density at radius 2 is 1.71 bits per heavy atom. The summed E-state index contributed by atoms with van der Waals surface area (Å²) >= 11 is 1.33. The van der Waals surface area contributed by atoms with Crippen molar-refractivity contribution in [2.75, 3.05) is 12.4 Å². The molecule has 0 radical (unpaired) electrons. The quantitative estimate of drug-likeness (QED) is 0.607. The number of carbonyl (C=O) groups is 2. The predicted octanol–water partition coefficient (Wildman–Crippen LogP) is 4.65. The van der Waals surface area contributed by atoms with Crippen molar-refractivity contribution in [3.05, 3.63) is 70.4 Å². The molecule has 146 valence electrons. The van der Waals surface area contributed by atoms with Crippen LogP contribution in [0.3, 0.4) is 0 Å². The minimum Gasteiger partial charge on any atom is -0.494 e. The summed E-state index contributed by atoms with van der Waals surface area (Å²) in [5.41, 5.74) is 1.35. The van der Waals surface area contributed by atoms with Gasteiger partial charge in [-0.1, -0.05) is 44.2 Å². The van der Waals surface area contributed by atoms with Gasteiger partial charge in [0.1, 0.15) is 11.6 Å². The lowest BCUT2D eigenvalue weighted by Gasteiger charge is -2.15. The van der Waals surface area contributed by atoms with Gasteiger partial charge in [0.05, 0.1) is 23.6 Å². The van der Waals surface area contributed by atoms with Gasteiger partial charge in [0.15, 0.2) is 0 Å². The second-order valence-corrected chi connectivity index (χ2v) is 7.57. The van der Waals surface area contributed by atoms with E-state index in [1.165, 1.54) is 17.8 Å². The first-order valence-corrected chi connectivity index (χ1v) is 10.2. The highest BCUT2D eigenvalue weighted by molar-refractivity contribution is 8.04. The lowest BCUT2D eigenvalue weighted by atomic mass is 10.1. The van der Waals surface area contributed by atoms with E-state index in [-0.39, 0.29) is 12.5 Å². The fourth-order valence-electron chi connectivity index (χ4n) is 2.96. The van der Waals surface area contributed by atoms with Crippen LogP contribution in [0.5, 0.6) is 5.75 Å². The average Bonchev–Trinajstić information content (AvgIpc) is 2.93. The molecule has 0 N–H and O–H groups in total. The standard InChI is InChI=1S/C22H22FNO3S/c1-3-13-27-17-11-9-15(10-12-17)19-20(28-4-2)22(26)24(21(19)25)14-16-7-5-6-8-18(16)23/h5-12H,3-4,13-14H2,1-2H3. The Balaban J connectivity index is 1.90. The van der Waals surface area contributed by atoms with Crippen molar-refractivity contribution in [3.63, 3.8) is 0 Å². The van der Waals surface area contributed by atoms with E-state index in [1.807, 2.05) is 13.8 Å². The van der Waals surface area contributed by atoms with Gasteiger partial charge in [0.2, 0.25) is 0 Å². The molecule has 0 spiro atoms. The van der Waals surface area contributed by atoms with Gasteiger partial charge in [0, 0.05) is 5.56 Å². The molecule has 6 heteroatoms. The molecule has 0 unspecified atom stereocenters. The van der Waals surface area contributed by atoms with Crippen molar-refractivity contribution in [1.82, 2.24) is 4.90 Å². The first-order chi connectivity index (χ1) is 13.6. The molecule has 2 amide bonds. The van der Waals surface area contributed by atoms with Crippen LogP contribution in [0.2, 0.25) is 0 Å². The number of rotatable bonds is 8. The summed E-state index contributed by atoms with van der Waals surface area (Å²) in [5.74, 6) is 0.172. The molecular formula is C22H22FNO3S. The zero-order valence-corrected chi connectivity index (χ0v) is 16.7. The number of thioether (sulfide) groups is 1. The lowest BCUT2D eigenvalue weighted by Crippen LogP contribution is -2.31. The van der Waals surface area contributed by atoms with Crippen LogP contribution in [0.25, 0.3) is 5.57 Å². The van der Waals surface area contributed by atoms with Crippen molar-refractivity contribution >= 4 is 29.1 Å². The molecule has 0 aliphatic carbocycles. The molecule has 0 bridgehead atoms. The van der Waals surface area contributed by atoms with E-state index in [1.54, 1.807) is 42.5 Å². The summed E-state index contributed by atoms with van der Waals surface area (Å²) in [6.45, 7) is 4.49. The number of carbonyl (C=O) groups excluding carboxylic acids is 2. The third-order valence-corrected chi connectivity index (χ3v) is 5.27. The molecule has 4 nitrogen and oxygen atoms in total. The van der Waals surface area contributed by atoms with Crippen LogP contribution < -0.4 is 4.74 Å². The van der Waals surface area contributed by atoms with E-state index in [0.29, 0.717) is 34.0 Å². The number of hydrogen-bond acceptors (Lipinski definition) is 4. The predicted molar refractivity (Wildman–Crippen MR) is 109 cm³/mol. The van der Waals surface area contributed by atoms with Crippen LogP contribution in [-0.2, 0) is 16.1 Å². The fourth-order valence-corrected chi connectivity index (χ4v) is 3.84. The van der Waals surface area contributed by atoms with Gasteiger partial charge >= 0.3 is 0 Å². The third-order valence-electron chi connectivity index (χ3n) is 4.32. The fraction of sp³-hybridized carbons (Fsp3) is 0.273. The maximum Gasteiger partial charge on any atom is 0.268 e. The summed E-state index contributed by atoms with van der Waals surface area (Å²) in [6.07, 6.45) is 0.905. The van der Waals surface area contributed by atoms with Gasteiger partial charge in [-0.05, 0) is 35.9 Å². The lowest BCUT2D eigenvalue weighted by molar-refractivity contribution is -0.137. The monoisotopic (exact) mass is 399 g/mol. The highest BCUT2D eigenvalue weighted by Crippen LogP contribution is 2.37. The molecule has 0 fully saturated rings. The van der Waals surface area contributed by atoms with Crippen LogP contribution in [-0.4, -0.2) is 29.1 Å². The number of benzene rings is 2. The average molecular weight is 399 g/mol. The SMILES string of the molecule is CCCOc1ccc(C2=C(SCC)C(=O)N(Cc3ccccc3F)C2=O)cc1. The molecule has 1 aliphatic heterocycles. The molecule has 28 heavy (non-hydrogen) atoms. The first kappa shape index (κ1) is 20.1. The van der Waals surface area contributed by atoms with E-state index < -0.39 is 11.7 Å². The van der Waals surface area contributed by atoms with Crippen LogP contribution >= 0.6 is 11.8 Å². The second-order valence-electron chi connectivity index (χ2n) is 6.30. The molecule has 0 atom stereocenters. The van der Waals surface area contributed by atoms with Crippen molar-refractivity contribution < 1.29 is 18.7 Å². The molecule has 0 saturated carbocycles. The molecular weight excluding hydrogens is 377 g/mol. The van der Waals surface area contributed by atoms with Crippen molar-refractivity contribution in [3.8, 4) is 5.75 Å². The Hall–Kier alpha value is -2.60. The number of hydrogen-bond donors (Lipinski definition) is 0. The Labute approximate surface area is 168 Å². The molecule has 2 aromatic rings. The van der Waals surface area contributed by atoms with Crippen LogP contribution in [0.4, 0.5) is 4.39 Å². The van der Waals surface area contributed by atoms with E-state index in [0.717, 1.165) is 17.1 Å². The smallest absolute Gasteiger partial charge is 0.268 e. The maximum atomic E-state index is 14.0. The van der Waals surface area contributed by atoms with E-state index >= 15 is 0 Å². The zero-order valence-electron chi connectivity index (χ0n) is 15.9. The van der Waals surface area contributed by atoms with Gasteiger partial charge in [-0.3, -0.25) is 14.5 Å². The largest absolute Gasteiger partial charge is 0.494 e. The van der Waals surface area contributed by atoms with Gasteiger partial charge in [-0.15, -0.1) is 11.8 Å².